The average Bonchev–Trinajstić information content (AvgIpc) is 3.70. The number of nitrogens with two attached hydrogens (primary N) is 1. The number of amides is 2. The number of rotatable bonds is 7. The molecule has 2 aromatic carbocycles. The Kier molecular flexibility index (Phi) is 7.49. The molecule has 0 aliphatic carbocycles. The molecule has 0 radical (unpaired) electrons. The summed E-state index contributed by atoms with van der Waals surface area (Å²) in [5.74, 6) is -1.55. The van der Waals surface area contributed by atoms with E-state index in [2.05, 4.69) is 15.4 Å². The quantitative estimate of drug-likeness (QED) is 0.197. The van der Waals surface area contributed by atoms with Crippen LogP contribution in [0.4, 0.5) is 18.9 Å². The van der Waals surface area contributed by atoms with Gasteiger partial charge < -0.3 is 11.1 Å². The number of benzene rings is 2. The van der Waals surface area contributed by atoms with Crippen LogP contribution in [0, 0.1) is 13.8 Å². The van der Waals surface area contributed by atoms with E-state index >= 15 is 0 Å². The van der Waals surface area contributed by atoms with Crippen molar-refractivity contribution in [1.82, 2.24) is 24.5 Å². The molecule has 2 amide bonds. The molecule has 4 heterocycles. The Hall–Kier alpha value is -5.30. The van der Waals surface area contributed by atoms with Gasteiger partial charge in [0.05, 0.1) is 28.3 Å². The van der Waals surface area contributed by atoms with Gasteiger partial charge in [-0.3, -0.25) is 14.3 Å². The summed E-state index contributed by atoms with van der Waals surface area (Å²) in [5, 5.41) is 12.1. The number of carbonyl (C=O) groups is 2. The van der Waals surface area contributed by atoms with Crippen molar-refractivity contribution in [2.75, 3.05) is 5.32 Å². The van der Waals surface area contributed by atoms with Gasteiger partial charge in [0.2, 0.25) is 0 Å². The van der Waals surface area contributed by atoms with Gasteiger partial charge in [-0.1, -0.05) is 48.5 Å². The molecule has 4 aromatic heterocycles. The number of hydrogen-bond acceptors (Lipinski definition) is 6. The standard InChI is InChI=1S/C32H26F3N7O2S/c1-4-41-16-22(17(2)39-41)21-15-23(32(33,34)35)37-31-25(21)27(28(45-31)29(36)43)38-30(44)24-18(3)42(20-13-9-6-10-14-20)40-26(24)19-11-7-5-8-12-19/h5-16H,4H2,1-3H3,(H2,36,43)(H,38,44). The number of thiophene rings is 1. The van der Waals surface area contributed by atoms with Gasteiger partial charge in [-0.15, -0.1) is 11.3 Å². The van der Waals surface area contributed by atoms with Gasteiger partial charge in [0.1, 0.15) is 21.1 Å². The molecule has 45 heavy (non-hydrogen) atoms. The topological polar surface area (TPSA) is 121 Å². The fourth-order valence-corrected chi connectivity index (χ4v) is 6.27. The molecule has 9 nitrogen and oxygen atoms in total. The van der Waals surface area contributed by atoms with E-state index in [1.807, 2.05) is 67.6 Å². The van der Waals surface area contributed by atoms with Crippen LogP contribution >= 0.6 is 11.3 Å². The molecule has 6 rings (SSSR count). The van der Waals surface area contributed by atoms with Crippen LogP contribution in [0.25, 0.3) is 38.3 Å². The maximum Gasteiger partial charge on any atom is 0.433 e. The van der Waals surface area contributed by atoms with Gasteiger partial charge >= 0.3 is 6.18 Å². The number of pyridine rings is 1. The Balaban J connectivity index is 1.58. The molecule has 0 aliphatic heterocycles. The van der Waals surface area contributed by atoms with E-state index in [1.165, 1.54) is 0 Å². The molecule has 0 fully saturated rings. The lowest BCUT2D eigenvalue weighted by Gasteiger charge is -2.12. The third kappa shape index (κ3) is 5.35. The Morgan fingerprint density at radius 3 is 2.24 bits per heavy atom. The minimum absolute atomic E-state index is 0.0294. The lowest BCUT2D eigenvalue weighted by Crippen LogP contribution is -2.18. The first kappa shape index (κ1) is 29.8. The number of aromatic nitrogens is 5. The van der Waals surface area contributed by atoms with Crippen LogP contribution in [0.3, 0.4) is 0 Å². The smallest absolute Gasteiger partial charge is 0.365 e. The predicted molar refractivity (Wildman–Crippen MR) is 166 cm³/mol. The fraction of sp³-hybridized carbons (Fsp3) is 0.156. The summed E-state index contributed by atoms with van der Waals surface area (Å²) in [6.07, 6.45) is -3.15. The van der Waals surface area contributed by atoms with Crippen LogP contribution < -0.4 is 11.1 Å². The molecule has 3 N–H and O–H groups in total. The maximum atomic E-state index is 14.3. The zero-order valence-electron chi connectivity index (χ0n) is 24.3. The van der Waals surface area contributed by atoms with Crippen molar-refractivity contribution in [3.05, 3.63) is 100 Å². The molecule has 228 valence electrons. The first-order valence-corrected chi connectivity index (χ1v) is 14.7. The second-order valence-corrected chi connectivity index (χ2v) is 11.3. The molecule has 6 aromatic rings. The van der Waals surface area contributed by atoms with Gasteiger partial charge in [0.15, 0.2) is 0 Å². The van der Waals surface area contributed by atoms with Crippen LogP contribution in [-0.4, -0.2) is 36.4 Å². The third-order valence-corrected chi connectivity index (χ3v) is 8.46. The molecule has 0 spiro atoms. The lowest BCUT2D eigenvalue weighted by molar-refractivity contribution is -0.140. The number of para-hydroxylation sites is 1. The zero-order valence-corrected chi connectivity index (χ0v) is 25.1. The summed E-state index contributed by atoms with van der Waals surface area (Å²) >= 11 is 0.685. The number of halogens is 3. The Morgan fingerprint density at radius 2 is 1.64 bits per heavy atom. The van der Waals surface area contributed by atoms with Gasteiger partial charge in [-0.05, 0) is 44.5 Å². The highest BCUT2D eigenvalue weighted by atomic mass is 32.1. The summed E-state index contributed by atoms with van der Waals surface area (Å²) in [7, 11) is 0. The normalized spacial score (nSPS) is 11.7. The SMILES string of the molecule is CCn1cc(-c2cc(C(F)(F)F)nc3sc(C(N)=O)c(NC(=O)c4c(-c5ccccc5)nn(-c5ccccc5)c4C)c23)c(C)n1. The van der Waals surface area contributed by atoms with E-state index in [0.29, 0.717) is 46.1 Å². The number of alkyl halides is 3. The number of nitrogens with zero attached hydrogens (tertiary/aromatic N) is 5. The minimum atomic E-state index is -4.77. The van der Waals surface area contributed by atoms with E-state index in [0.717, 1.165) is 11.8 Å². The monoisotopic (exact) mass is 629 g/mol. The van der Waals surface area contributed by atoms with Crippen molar-refractivity contribution >= 4 is 39.1 Å². The molecule has 13 heteroatoms. The second kappa shape index (κ2) is 11.3. The summed E-state index contributed by atoms with van der Waals surface area (Å²) in [6, 6.07) is 19.3. The number of fused-ring (bicyclic) bond motifs is 1. The largest absolute Gasteiger partial charge is 0.433 e. The predicted octanol–water partition coefficient (Wildman–Crippen LogP) is 7.02. The number of primary amides is 1. The number of aryl methyl sites for hydroxylation is 2. The number of anilines is 1. The van der Waals surface area contributed by atoms with Crippen LogP contribution in [0.1, 0.15) is 44.0 Å². The molecule has 0 saturated heterocycles. The summed E-state index contributed by atoms with van der Waals surface area (Å²) in [4.78, 5) is 30.6. The summed E-state index contributed by atoms with van der Waals surface area (Å²) < 4.78 is 45.3. The van der Waals surface area contributed by atoms with Crippen LogP contribution in [0.5, 0.6) is 0 Å². The van der Waals surface area contributed by atoms with Crippen molar-refractivity contribution in [3.8, 4) is 28.1 Å². The van der Waals surface area contributed by atoms with Gasteiger partial charge in [0.25, 0.3) is 11.8 Å². The van der Waals surface area contributed by atoms with E-state index < -0.39 is 23.7 Å². The van der Waals surface area contributed by atoms with Crippen LogP contribution in [0.15, 0.2) is 72.9 Å². The molecule has 0 unspecified atom stereocenters. The molecule has 0 atom stereocenters. The van der Waals surface area contributed by atoms with Crippen LogP contribution in [0.2, 0.25) is 0 Å². The Morgan fingerprint density at radius 1 is 0.978 bits per heavy atom. The van der Waals surface area contributed by atoms with Crippen molar-refractivity contribution < 1.29 is 22.8 Å². The fourth-order valence-electron chi connectivity index (χ4n) is 5.26. The zero-order chi connectivity index (χ0) is 32.0. The Labute approximate surface area is 259 Å². The van der Waals surface area contributed by atoms with Crippen molar-refractivity contribution in [2.45, 2.75) is 33.5 Å². The minimum Gasteiger partial charge on any atom is -0.365 e. The average molecular weight is 630 g/mol. The molecule has 0 bridgehead atoms. The maximum absolute atomic E-state index is 14.3. The van der Waals surface area contributed by atoms with E-state index in [4.69, 9.17) is 10.8 Å². The first-order valence-electron chi connectivity index (χ1n) is 13.9. The van der Waals surface area contributed by atoms with E-state index in [-0.39, 0.29) is 31.9 Å². The third-order valence-electron chi connectivity index (χ3n) is 7.37. The second-order valence-electron chi connectivity index (χ2n) is 10.3. The highest BCUT2D eigenvalue weighted by Gasteiger charge is 2.36. The highest BCUT2D eigenvalue weighted by Crippen LogP contribution is 2.44. The first-order chi connectivity index (χ1) is 21.5. The van der Waals surface area contributed by atoms with Crippen molar-refractivity contribution in [2.24, 2.45) is 5.73 Å². The number of carbonyl (C=O) groups excluding carboxylic acids is 2. The number of nitrogens with one attached hydrogen (secondary N) is 1. The molecule has 0 saturated carbocycles. The van der Waals surface area contributed by atoms with Crippen molar-refractivity contribution in [3.63, 3.8) is 0 Å². The summed E-state index contributed by atoms with van der Waals surface area (Å²) in [6.45, 7) is 5.75. The Bertz CT molecular complexity index is 2080. The highest BCUT2D eigenvalue weighted by molar-refractivity contribution is 7.21. The van der Waals surface area contributed by atoms with Crippen molar-refractivity contribution in [1.29, 1.82) is 0 Å². The molecular weight excluding hydrogens is 603 g/mol. The number of hydrogen-bond donors (Lipinski definition) is 2. The molecular formula is C32H26F3N7O2S. The lowest BCUT2D eigenvalue weighted by atomic mass is 10.0. The van der Waals surface area contributed by atoms with Gasteiger partial charge in [-0.2, -0.15) is 23.4 Å². The van der Waals surface area contributed by atoms with E-state index in [1.54, 1.807) is 29.4 Å². The van der Waals surface area contributed by atoms with Gasteiger partial charge in [0, 0.05) is 29.3 Å². The van der Waals surface area contributed by atoms with E-state index in [9.17, 15) is 22.8 Å². The molecule has 0 aliphatic rings. The van der Waals surface area contributed by atoms with Crippen LogP contribution in [-0.2, 0) is 12.7 Å². The van der Waals surface area contributed by atoms with Gasteiger partial charge in [-0.25, -0.2) is 9.67 Å². The summed E-state index contributed by atoms with van der Waals surface area (Å²) in [5.41, 5.74) is 8.04.